The van der Waals surface area contributed by atoms with E-state index < -0.39 is 10.0 Å². The highest BCUT2D eigenvalue weighted by atomic mass is 32.2. The van der Waals surface area contributed by atoms with Gasteiger partial charge in [-0.1, -0.05) is 6.92 Å². The Labute approximate surface area is 74.8 Å². The molecule has 0 unspecified atom stereocenters. The summed E-state index contributed by atoms with van der Waals surface area (Å²) in [4.78, 5) is 0. The Hall–Kier alpha value is -0.130. The number of hydrogen-bond donors (Lipinski definition) is 1. The van der Waals surface area contributed by atoms with Crippen molar-refractivity contribution < 1.29 is 8.42 Å². The number of nitrogens with two attached hydrogens (primary N) is 1. The molecule has 0 aliphatic carbocycles. The normalized spacial score (nSPS) is 12.3. The van der Waals surface area contributed by atoms with Crippen LogP contribution in [0, 0.1) is 0 Å². The van der Waals surface area contributed by atoms with Gasteiger partial charge in [0.1, 0.15) is 0 Å². The Bertz CT molecular complexity index is 201. The number of hydrogen-bond acceptors (Lipinski definition) is 3. The van der Waals surface area contributed by atoms with Crippen LogP contribution in [-0.4, -0.2) is 38.6 Å². The molecule has 0 spiro atoms. The van der Waals surface area contributed by atoms with Crippen LogP contribution < -0.4 is 5.73 Å². The highest BCUT2D eigenvalue weighted by Gasteiger charge is 2.14. The van der Waals surface area contributed by atoms with Gasteiger partial charge in [-0.05, 0) is 19.4 Å². The quantitative estimate of drug-likeness (QED) is 0.647. The summed E-state index contributed by atoms with van der Waals surface area (Å²) in [7, 11) is -1.41. The summed E-state index contributed by atoms with van der Waals surface area (Å²) in [5, 5.41) is 0. The van der Waals surface area contributed by atoms with Crippen LogP contribution in [0.5, 0.6) is 0 Å². The monoisotopic (exact) mass is 194 g/mol. The lowest BCUT2D eigenvalue weighted by molar-refractivity contribution is 0.463. The molecule has 0 aliphatic heterocycles. The van der Waals surface area contributed by atoms with Gasteiger partial charge < -0.3 is 5.73 Å². The summed E-state index contributed by atoms with van der Waals surface area (Å²) < 4.78 is 24.0. The van der Waals surface area contributed by atoms with Crippen LogP contribution in [0.25, 0.3) is 0 Å². The van der Waals surface area contributed by atoms with Crippen LogP contribution >= 0.6 is 0 Å². The zero-order valence-corrected chi connectivity index (χ0v) is 8.60. The Morgan fingerprint density at radius 2 is 2.00 bits per heavy atom. The van der Waals surface area contributed by atoms with E-state index >= 15 is 0 Å². The fourth-order valence-electron chi connectivity index (χ4n) is 0.867. The van der Waals surface area contributed by atoms with Gasteiger partial charge in [0, 0.05) is 13.6 Å². The summed E-state index contributed by atoms with van der Waals surface area (Å²) in [6.45, 7) is 2.92. The maximum Gasteiger partial charge on any atom is 0.213 e. The van der Waals surface area contributed by atoms with E-state index in [-0.39, 0.29) is 5.75 Å². The van der Waals surface area contributed by atoms with Crippen LogP contribution in [-0.2, 0) is 10.0 Å². The summed E-state index contributed by atoms with van der Waals surface area (Å²) in [5.41, 5.74) is 5.27. The number of nitrogens with zero attached hydrogens (tertiary/aromatic N) is 1. The van der Waals surface area contributed by atoms with Crippen molar-refractivity contribution in [3.8, 4) is 0 Å². The first-order valence-electron chi connectivity index (χ1n) is 4.18. The topological polar surface area (TPSA) is 63.4 Å². The lowest BCUT2D eigenvalue weighted by Gasteiger charge is -2.15. The third-order valence-electron chi connectivity index (χ3n) is 1.61. The third-order valence-corrected chi connectivity index (χ3v) is 3.67. The van der Waals surface area contributed by atoms with Crippen LogP contribution in [0.2, 0.25) is 0 Å². The Morgan fingerprint density at radius 1 is 1.42 bits per heavy atom. The van der Waals surface area contributed by atoms with Gasteiger partial charge in [-0.2, -0.15) is 0 Å². The van der Waals surface area contributed by atoms with Gasteiger partial charge in [0.25, 0.3) is 0 Å². The molecule has 0 heterocycles. The smallest absolute Gasteiger partial charge is 0.213 e. The number of sulfonamides is 1. The Balaban J connectivity index is 3.98. The standard InChI is InChI=1S/C7H18N2O2S/c1-3-7-12(10,11)9(2)6-4-5-8/h3-8H2,1-2H3. The molecular weight excluding hydrogens is 176 g/mol. The molecule has 0 saturated heterocycles. The fraction of sp³-hybridized carbons (Fsp3) is 1.00. The predicted octanol–water partition coefficient (Wildman–Crippen LogP) is 0.00680. The van der Waals surface area contributed by atoms with E-state index in [4.69, 9.17) is 5.73 Å². The molecular formula is C7H18N2O2S. The van der Waals surface area contributed by atoms with Crippen LogP contribution in [0.3, 0.4) is 0 Å². The molecule has 0 radical (unpaired) electrons. The van der Waals surface area contributed by atoms with Crippen LogP contribution in [0.1, 0.15) is 19.8 Å². The van der Waals surface area contributed by atoms with Crippen molar-refractivity contribution >= 4 is 10.0 Å². The highest BCUT2D eigenvalue weighted by Crippen LogP contribution is 2.00. The largest absolute Gasteiger partial charge is 0.330 e. The van der Waals surface area contributed by atoms with Gasteiger partial charge in [-0.25, -0.2) is 12.7 Å². The van der Waals surface area contributed by atoms with E-state index in [1.807, 2.05) is 6.92 Å². The molecule has 0 amide bonds. The van der Waals surface area contributed by atoms with Crippen molar-refractivity contribution in [3.05, 3.63) is 0 Å². The Morgan fingerprint density at radius 3 is 2.42 bits per heavy atom. The van der Waals surface area contributed by atoms with E-state index in [0.29, 0.717) is 19.5 Å². The molecule has 2 N–H and O–H groups in total. The van der Waals surface area contributed by atoms with Crippen molar-refractivity contribution in [1.82, 2.24) is 4.31 Å². The summed E-state index contributed by atoms with van der Waals surface area (Å²) in [6.07, 6.45) is 1.38. The van der Waals surface area contributed by atoms with Gasteiger partial charge in [0.05, 0.1) is 5.75 Å². The molecule has 0 aromatic carbocycles. The molecule has 12 heavy (non-hydrogen) atoms. The van der Waals surface area contributed by atoms with Gasteiger partial charge in [0.2, 0.25) is 10.0 Å². The van der Waals surface area contributed by atoms with Crippen molar-refractivity contribution in [3.63, 3.8) is 0 Å². The maximum absolute atomic E-state index is 11.3. The molecule has 0 saturated carbocycles. The van der Waals surface area contributed by atoms with Crippen molar-refractivity contribution in [1.29, 1.82) is 0 Å². The SMILES string of the molecule is CCCS(=O)(=O)N(C)CCCN. The average molecular weight is 194 g/mol. The first kappa shape index (κ1) is 11.9. The minimum Gasteiger partial charge on any atom is -0.330 e. The second-order valence-corrected chi connectivity index (χ2v) is 4.98. The molecule has 0 atom stereocenters. The number of rotatable bonds is 6. The zero-order chi connectivity index (χ0) is 9.61. The molecule has 0 aliphatic rings. The van der Waals surface area contributed by atoms with Gasteiger partial charge in [0.15, 0.2) is 0 Å². The van der Waals surface area contributed by atoms with E-state index in [2.05, 4.69) is 0 Å². The lowest BCUT2D eigenvalue weighted by atomic mass is 10.4. The minimum absolute atomic E-state index is 0.230. The molecule has 4 nitrogen and oxygen atoms in total. The van der Waals surface area contributed by atoms with Gasteiger partial charge in [-0.15, -0.1) is 0 Å². The van der Waals surface area contributed by atoms with Crippen LogP contribution in [0.15, 0.2) is 0 Å². The van der Waals surface area contributed by atoms with Gasteiger partial charge in [-0.3, -0.25) is 0 Å². The van der Waals surface area contributed by atoms with Crippen molar-refractivity contribution in [2.45, 2.75) is 19.8 Å². The first-order chi connectivity index (χ1) is 5.54. The van der Waals surface area contributed by atoms with E-state index in [1.165, 1.54) is 4.31 Å². The second kappa shape index (κ2) is 5.50. The summed E-state index contributed by atoms with van der Waals surface area (Å²) in [6, 6.07) is 0. The lowest BCUT2D eigenvalue weighted by Crippen LogP contribution is -2.30. The Kier molecular flexibility index (Phi) is 5.44. The minimum atomic E-state index is -3.00. The molecule has 0 bridgehead atoms. The average Bonchev–Trinajstić information content (AvgIpc) is 2.00. The molecule has 74 valence electrons. The van der Waals surface area contributed by atoms with Crippen LogP contribution in [0.4, 0.5) is 0 Å². The second-order valence-electron chi connectivity index (χ2n) is 2.78. The fourth-order valence-corrected chi connectivity index (χ4v) is 2.10. The zero-order valence-electron chi connectivity index (χ0n) is 7.78. The van der Waals surface area contributed by atoms with E-state index in [9.17, 15) is 8.42 Å². The first-order valence-corrected chi connectivity index (χ1v) is 5.79. The van der Waals surface area contributed by atoms with Gasteiger partial charge >= 0.3 is 0 Å². The molecule has 0 rings (SSSR count). The highest BCUT2D eigenvalue weighted by molar-refractivity contribution is 7.89. The molecule has 0 aromatic rings. The maximum atomic E-state index is 11.3. The van der Waals surface area contributed by atoms with Crippen molar-refractivity contribution in [2.24, 2.45) is 5.73 Å². The predicted molar refractivity (Wildman–Crippen MR) is 50.4 cm³/mol. The van der Waals surface area contributed by atoms with E-state index in [0.717, 1.165) is 6.42 Å². The molecule has 5 heteroatoms. The molecule has 0 aromatic heterocycles. The summed E-state index contributed by atoms with van der Waals surface area (Å²) in [5.74, 6) is 0.230. The van der Waals surface area contributed by atoms with Crippen molar-refractivity contribution in [2.75, 3.05) is 25.9 Å². The third kappa shape index (κ3) is 4.04. The van der Waals surface area contributed by atoms with E-state index in [1.54, 1.807) is 7.05 Å². The summed E-state index contributed by atoms with van der Waals surface area (Å²) >= 11 is 0. The molecule has 0 fully saturated rings.